The molecule has 0 saturated heterocycles. The molecule has 1 aromatic heterocycles. The number of ether oxygens (including phenoxy) is 1. The molecule has 30 heavy (non-hydrogen) atoms. The standard InChI is InChI=1S/C23H19F2N3O2/c1-12-18-15(24)8-9-16(25)20(18)21-19(12)22(21)28(23(26)29)17-10-7-14(11-27-17)30-13-5-3-2-4-6-13/h2-12,19,21-22H,1H3,(H2,26,29)/t12?,19-,21-,22?/m0/s1. The number of carbonyl (C=O) groups excluding carboxylic acids is 1. The van der Waals surface area contributed by atoms with Crippen LogP contribution in [0.3, 0.4) is 0 Å². The number of hydrogen-bond donors (Lipinski definition) is 1. The number of hydrogen-bond acceptors (Lipinski definition) is 3. The number of para-hydroxylation sites is 1. The predicted molar refractivity (Wildman–Crippen MR) is 108 cm³/mol. The van der Waals surface area contributed by atoms with E-state index in [0.717, 1.165) is 12.1 Å². The molecular formula is C23H19F2N3O2. The molecular weight excluding hydrogens is 388 g/mol. The van der Waals surface area contributed by atoms with Crippen molar-refractivity contribution in [1.29, 1.82) is 0 Å². The third-order valence-electron chi connectivity index (χ3n) is 6.06. The summed E-state index contributed by atoms with van der Waals surface area (Å²) in [7, 11) is 0. The second kappa shape index (κ2) is 6.79. The summed E-state index contributed by atoms with van der Waals surface area (Å²) < 4.78 is 34.5. The average Bonchev–Trinajstić information content (AvgIpc) is 3.36. The molecule has 152 valence electrons. The van der Waals surface area contributed by atoms with Gasteiger partial charge in [-0.1, -0.05) is 25.1 Å². The van der Waals surface area contributed by atoms with Gasteiger partial charge >= 0.3 is 6.03 Å². The zero-order valence-electron chi connectivity index (χ0n) is 16.1. The van der Waals surface area contributed by atoms with Crippen LogP contribution in [0.2, 0.25) is 0 Å². The first-order valence-electron chi connectivity index (χ1n) is 9.72. The first kappa shape index (κ1) is 18.5. The second-order valence-electron chi connectivity index (χ2n) is 7.71. The number of urea groups is 1. The van der Waals surface area contributed by atoms with Crippen LogP contribution in [0.15, 0.2) is 60.8 Å². The van der Waals surface area contributed by atoms with Crippen molar-refractivity contribution in [2.24, 2.45) is 11.7 Å². The molecule has 7 heteroatoms. The Labute approximate surface area is 172 Å². The topological polar surface area (TPSA) is 68.5 Å². The lowest BCUT2D eigenvalue weighted by molar-refractivity contribution is 0.253. The highest BCUT2D eigenvalue weighted by molar-refractivity contribution is 5.91. The minimum atomic E-state index is -0.677. The Hall–Kier alpha value is -3.48. The van der Waals surface area contributed by atoms with Crippen molar-refractivity contribution in [2.75, 3.05) is 4.90 Å². The van der Waals surface area contributed by atoms with Crippen LogP contribution >= 0.6 is 0 Å². The van der Waals surface area contributed by atoms with E-state index in [4.69, 9.17) is 10.5 Å². The number of rotatable bonds is 4. The minimum Gasteiger partial charge on any atom is -0.456 e. The largest absolute Gasteiger partial charge is 0.456 e. The van der Waals surface area contributed by atoms with Gasteiger partial charge in [0.25, 0.3) is 0 Å². The van der Waals surface area contributed by atoms with Crippen LogP contribution in [-0.4, -0.2) is 17.1 Å². The molecule has 3 aromatic rings. The number of carbonyl (C=O) groups is 1. The van der Waals surface area contributed by atoms with Crippen LogP contribution in [0, 0.1) is 17.6 Å². The third kappa shape index (κ3) is 2.81. The van der Waals surface area contributed by atoms with E-state index in [9.17, 15) is 13.6 Å². The SMILES string of the molecule is CC1c2c(F)ccc(F)c2[C@H]2C(N(C(N)=O)c3ccc(Oc4ccccc4)cn3)[C@@H]12. The summed E-state index contributed by atoms with van der Waals surface area (Å²) >= 11 is 0. The Morgan fingerprint density at radius 2 is 1.70 bits per heavy atom. The van der Waals surface area contributed by atoms with E-state index in [2.05, 4.69) is 4.98 Å². The maximum absolute atomic E-state index is 14.5. The van der Waals surface area contributed by atoms with Gasteiger partial charge in [0.1, 0.15) is 29.0 Å². The summed E-state index contributed by atoms with van der Waals surface area (Å²) in [5.74, 6) is 0.0752. The fourth-order valence-corrected chi connectivity index (χ4v) is 4.81. The van der Waals surface area contributed by atoms with Crippen LogP contribution < -0.4 is 15.4 Å². The van der Waals surface area contributed by atoms with Gasteiger partial charge in [-0.3, -0.25) is 4.90 Å². The smallest absolute Gasteiger partial charge is 0.320 e. The lowest BCUT2D eigenvalue weighted by Gasteiger charge is -2.24. The van der Waals surface area contributed by atoms with Crippen LogP contribution in [0.5, 0.6) is 11.5 Å². The molecule has 0 radical (unpaired) electrons. The molecule has 2 N–H and O–H groups in total. The quantitative estimate of drug-likeness (QED) is 0.666. The number of benzene rings is 2. The third-order valence-corrected chi connectivity index (χ3v) is 6.06. The van der Waals surface area contributed by atoms with E-state index in [-0.39, 0.29) is 23.8 Å². The van der Waals surface area contributed by atoms with E-state index >= 15 is 0 Å². The number of halogens is 2. The van der Waals surface area contributed by atoms with E-state index < -0.39 is 17.7 Å². The normalized spacial score (nSPS) is 23.4. The highest BCUT2D eigenvalue weighted by Crippen LogP contribution is 2.65. The minimum absolute atomic E-state index is 0.0963. The molecule has 5 nitrogen and oxygen atoms in total. The molecule has 0 spiro atoms. The zero-order chi connectivity index (χ0) is 21.0. The van der Waals surface area contributed by atoms with E-state index in [0.29, 0.717) is 28.4 Å². The van der Waals surface area contributed by atoms with Gasteiger partial charge < -0.3 is 10.5 Å². The molecule has 5 rings (SSSR count). The number of primary amides is 1. The Balaban J connectivity index is 1.43. The molecule has 0 bridgehead atoms. The first-order valence-corrected chi connectivity index (χ1v) is 9.72. The molecule has 2 amide bonds. The van der Waals surface area contributed by atoms with Crippen molar-refractivity contribution in [3.05, 3.63) is 83.6 Å². The van der Waals surface area contributed by atoms with Gasteiger partial charge in [-0.2, -0.15) is 0 Å². The summed E-state index contributed by atoms with van der Waals surface area (Å²) in [4.78, 5) is 18.0. The van der Waals surface area contributed by atoms with Gasteiger partial charge in [-0.15, -0.1) is 0 Å². The van der Waals surface area contributed by atoms with Gasteiger partial charge in [0, 0.05) is 5.92 Å². The zero-order valence-corrected chi connectivity index (χ0v) is 16.1. The molecule has 0 aliphatic heterocycles. The molecule has 1 heterocycles. The molecule has 2 unspecified atom stereocenters. The number of nitrogens with two attached hydrogens (primary N) is 1. The van der Waals surface area contributed by atoms with E-state index in [1.165, 1.54) is 11.1 Å². The van der Waals surface area contributed by atoms with Crippen molar-refractivity contribution >= 4 is 11.8 Å². The Kier molecular flexibility index (Phi) is 4.20. The predicted octanol–water partition coefficient (Wildman–Crippen LogP) is 4.94. The molecule has 2 aliphatic rings. The van der Waals surface area contributed by atoms with Gasteiger partial charge in [-0.25, -0.2) is 18.6 Å². The first-order chi connectivity index (χ1) is 14.5. The summed E-state index contributed by atoms with van der Waals surface area (Å²) in [6.45, 7) is 1.86. The van der Waals surface area contributed by atoms with Gasteiger partial charge in [0.2, 0.25) is 0 Å². The number of amides is 2. The summed E-state index contributed by atoms with van der Waals surface area (Å²) in [5, 5.41) is 0. The Bertz CT molecular complexity index is 1120. The fourth-order valence-electron chi connectivity index (χ4n) is 4.81. The lowest BCUT2D eigenvalue weighted by Crippen LogP contribution is -2.40. The fraction of sp³-hybridized carbons (Fsp3) is 0.217. The van der Waals surface area contributed by atoms with Crippen LogP contribution in [-0.2, 0) is 0 Å². The number of pyridine rings is 1. The second-order valence-corrected chi connectivity index (χ2v) is 7.71. The number of anilines is 1. The van der Waals surface area contributed by atoms with Crippen molar-refractivity contribution in [1.82, 2.24) is 4.98 Å². The van der Waals surface area contributed by atoms with Crippen molar-refractivity contribution < 1.29 is 18.3 Å². The van der Waals surface area contributed by atoms with E-state index in [1.54, 1.807) is 12.1 Å². The highest BCUT2D eigenvalue weighted by atomic mass is 19.1. The number of nitrogens with zero attached hydrogens (tertiary/aromatic N) is 2. The average molecular weight is 407 g/mol. The lowest BCUT2D eigenvalue weighted by atomic mass is 9.95. The molecule has 2 aromatic carbocycles. The molecule has 2 aliphatic carbocycles. The molecule has 4 atom stereocenters. The van der Waals surface area contributed by atoms with Crippen LogP contribution in [0.25, 0.3) is 0 Å². The maximum atomic E-state index is 14.5. The molecule has 1 saturated carbocycles. The summed E-state index contributed by atoms with van der Waals surface area (Å²) in [5.41, 5.74) is 6.42. The number of aromatic nitrogens is 1. The number of fused-ring (bicyclic) bond motifs is 3. The van der Waals surface area contributed by atoms with Gasteiger partial charge in [-0.05, 0) is 59.4 Å². The maximum Gasteiger partial charge on any atom is 0.320 e. The van der Waals surface area contributed by atoms with Crippen LogP contribution in [0.4, 0.5) is 19.4 Å². The van der Waals surface area contributed by atoms with Crippen molar-refractivity contribution in [3.8, 4) is 11.5 Å². The monoisotopic (exact) mass is 407 g/mol. The Morgan fingerprint density at radius 1 is 1.00 bits per heavy atom. The molecule has 1 fully saturated rings. The highest BCUT2D eigenvalue weighted by Gasteiger charge is 2.64. The summed E-state index contributed by atoms with van der Waals surface area (Å²) in [6.07, 6.45) is 1.51. The van der Waals surface area contributed by atoms with E-state index in [1.807, 2.05) is 37.3 Å². The Morgan fingerprint density at radius 3 is 2.33 bits per heavy atom. The van der Waals surface area contributed by atoms with Crippen molar-refractivity contribution in [2.45, 2.75) is 24.8 Å². The van der Waals surface area contributed by atoms with Crippen LogP contribution in [0.1, 0.15) is 29.9 Å². The van der Waals surface area contributed by atoms with Crippen molar-refractivity contribution in [3.63, 3.8) is 0 Å². The summed E-state index contributed by atoms with van der Waals surface area (Å²) in [6, 6.07) is 13.9. The van der Waals surface area contributed by atoms with Gasteiger partial charge in [0.05, 0.1) is 12.2 Å². The van der Waals surface area contributed by atoms with Gasteiger partial charge in [0.15, 0.2) is 0 Å².